The first-order valence-electron chi connectivity index (χ1n) is 6.51. The number of guanidine groups is 1. The lowest BCUT2D eigenvalue weighted by Gasteiger charge is -2.28. The lowest BCUT2D eigenvalue weighted by atomic mass is 10.6. The monoisotopic (exact) mass is 304 g/mol. The van der Waals surface area contributed by atoms with Crippen molar-refractivity contribution in [3.8, 4) is 6.19 Å². The smallest absolute Gasteiger partial charge is 0.340 e. The third-order valence-electron chi connectivity index (χ3n) is 2.67. The zero-order valence-corrected chi connectivity index (χ0v) is 13.4. The third kappa shape index (κ3) is 3.88. The second-order valence-electron chi connectivity index (χ2n) is 3.93. The number of nitriles is 1. The van der Waals surface area contributed by atoms with Crippen LogP contribution in [0, 0.1) is 11.5 Å². The Hall–Kier alpha value is -0.700. The van der Waals surface area contributed by atoms with Crippen LogP contribution in [0.15, 0.2) is 4.99 Å². The van der Waals surface area contributed by atoms with E-state index >= 15 is 0 Å². The average Bonchev–Trinajstić information content (AvgIpc) is 2.81. The van der Waals surface area contributed by atoms with Gasteiger partial charge in [0.1, 0.15) is 0 Å². The highest BCUT2D eigenvalue weighted by Crippen LogP contribution is 2.63. The highest BCUT2D eigenvalue weighted by molar-refractivity contribution is 8.56. The Morgan fingerprint density at radius 3 is 2.74 bits per heavy atom. The first kappa shape index (κ1) is 16.4. The second kappa shape index (κ2) is 7.78. The number of hydrogen-bond acceptors (Lipinski definition) is 5. The summed E-state index contributed by atoms with van der Waals surface area (Å²) in [6, 6.07) is 0. The summed E-state index contributed by atoms with van der Waals surface area (Å²) in [6.45, 7) is 5.29. The van der Waals surface area contributed by atoms with Crippen LogP contribution in [-0.4, -0.2) is 47.5 Å². The van der Waals surface area contributed by atoms with Gasteiger partial charge in [0.15, 0.2) is 0 Å². The van der Waals surface area contributed by atoms with E-state index in [4.69, 9.17) is 9.79 Å². The van der Waals surface area contributed by atoms with Gasteiger partial charge < -0.3 is 9.42 Å². The van der Waals surface area contributed by atoms with E-state index < -0.39 is 6.72 Å². The van der Waals surface area contributed by atoms with E-state index in [-0.39, 0.29) is 0 Å². The van der Waals surface area contributed by atoms with E-state index in [1.807, 2.05) is 25.7 Å². The summed E-state index contributed by atoms with van der Waals surface area (Å²) in [7, 11) is 0. The number of nitrogens with zero attached hydrogens (tertiary/aromatic N) is 4. The minimum atomic E-state index is -2.99. The molecule has 1 unspecified atom stereocenters. The minimum Gasteiger partial charge on any atom is -0.340 e. The SMILES string of the molecule is CCCSP(=O)(OCC)N1CCN(CC)/C1=N\C#N. The first-order chi connectivity index (χ1) is 9.12. The van der Waals surface area contributed by atoms with Gasteiger partial charge in [0.25, 0.3) is 0 Å². The third-order valence-corrected chi connectivity index (χ3v) is 7.58. The van der Waals surface area contributed by atoms with Gasteiger partial charge >= 0.3 is 6.72 Å². The van der Waals surface area contributed by atoms with E-state index in [0.717, 1.165) is 25.3 Å². The van der Waals surface area contributed by atoms with Crippen molar-refractivity contribution < 1.29 is 9.09 Å². The van der Waals surface area contributed by atoms with Crippen LogP contribution in [0.2, 0.25) is 0 Å². The minimum absolute atomic E-state index is 0.385. The summed E-state index contributed by atoms with van der Waals surface area (Å²) in [5, 5.41) is 8.80. The van der Waals surface area contributed by atoms with Gasteiger partial charge in [-0.15, -0.1) is 4.99 Å². The second-order valence-corrected chi connectivity index (χ2v) is 8.44. The molecule has 1 fully saturated rings. The molecule has 0 aromatic carbocycles. The average molecular weight is 304 g/mol. The summed E-state index contributed by atoms with van der Waals surface area (Å²) in [5.41, 5.74) is 0. The molecule has 0 saturated carbocycles. The molecule has 0 amide bonds. The molecule has 6 nitrogen and oxygen atoms in total. The molecule has 0 aromatic rings. The predicted octanol–water partition coefficient (Wildman–Crippen LogP) is 2.75. The van der Waals surface area contributed by atoms with Crippen LogP contribution < -0.4 is 0 Å². The fourth-order valence-electron chi connectivity index (χ4n) is 1.83. The van der Waals surface area contributed by atoms with Crippen LogP contribution in [0.4, 0.5) is 0 Å². The molecule has 0 N–H and O–H groups in total. The Kier molecular flexibility index (Phi) is 6.70. The molecule has 1 rings (SSSR count). The van der Waals surface area contributed by atoms with Crippen molar-refractivity contribution in [2.75, 3.05) is 32.0 Å². The van der Waals surface area contributed by atoms with Gasteiger partial charge in [0, 0.05) is 25.4 Å². The highest BCUT2D eigenvalue weighted by atomic mass is 32.7. The quantitative estimate of drug-likeness (QED) is 0.532. The standard InChI is InChI=1S/C11H21N4O2PS/c1-4-9-19-18(16,17-6-3)15-8-7-14(5-2)11(15)13-10-12/h4-9H2,1-3H3/b13-11+. The van der Waals surface area contributed by atoms with E-state index in [1.165, 1.54) is 11.4 Å². The molecule has 1 aliphatic heterocycles. The van der Waals surface area contributed by atoms with Crippen LogP contribution in [0.25, 0.3) is 0 Å². The maximum atomic E-state index is 13.0. The summed E-state index contributed by atoms with van der Waals surface area (Å²) >= 11 is 1.33. The molecular formula is C11H21N4O2PS. The molecular weight excluding hydrogens is 283 g/mol. The Morgan fingerprint density at radius 1 is 1.47 bits per heavy atom. The molecule has 1 atom stereocenters. The van der Waals surface area contributed by atoms with E-state index in [1.54, 1.807) is 10.9 Å². The normalized spacial score (nSPS) is 20.6. The van der Waals surface area contributed by atoms with Crippen LogP contribution in [0.5, 0.6) is 0 Å². The van der Waals surface area contributed by atoms with Crippen molar-refractivity contribution in [1.82, 2.24) is 9.57 Å². The maximum Gasteiger partial charge on any atom is 0.355 e. The number of hydrogen-bond donors (Lipinski definition) is 0. The molecule has 1 saturated heterocycles. The van der Waals surface area contributed by atoms with Gasteiger partial charge in [-0.05, 0) is 31.7 Å². The van der Waals surface area contributed by atoms with Gasteiger partial charge in [0.05, 0.1) is 6.61 Å². The van der Waals surface area contributed by atoms with Crippen molar-refractivity contribution in [1.29, 1.82) is 5.26 Å². The Labute approximate surface area is 119 Å². The van der Waals surface area contributed by atoms with Gasteiger partial charge in [0.2, 0.25) is 12.2 Å². The van der Waals surface area contributed by atoms with Crippen LogP contribution in [0.3, 0.4) is 0 Å². The lowest BCUT2D eigenvalue weighted by Crippen LogP contribution is -2.31. The summed E-state index contributed by atoms with van der Waals surface area (Å²) < 4.78 is 20.2. The molecule has 0 aromatic heterocycles. The highest BCUT2D eigenvalue weighted by Gasteiger charge is 2.40. The van der Waals surface area contributed by atoms with Crippen molar-refractivity contribution in [2.45, 2.75) is 27.2 Å². The molecule has 0 spiro atoms. The van der Waals surface area contributed by atoms with Crippen LogP contribution >= 0.6 is 18.1 Å². The zero-order chi connectivity index (χ0) is 14.3. The molecule has 0 radical (unpaired) electrons. The number of likely N-dealkylation sites (N-methyl/N-ethyl adjacent to an activating group) is 1. The van der Waals surface area contributed by atoms with E-state index in [0.29, 0.717) is 19.1 Å². The molecule has 19 heavy (non-hydrogen) atoms. The van der Waals surface area contributed by atoms with E-state index in [9.17, 15) is 4.57 Å². The summed E-state index contributed by atoms with van der Waals surface area (Å²) in [4.78, 5) is 5.77. The van der Waals surface area contributed by atoms with Gasteiger partial charge in [-0.25, -0.2) is 0 Å². The first-order valence-corrected chi connectivity index (χ1v) is 9.68. The number of aliphatic imine (C=N–C) groups is 1. The van der Waals surface area contributed by atoms with Gasteiger partial charge in [-0.2, -0.15) is 5.26 Å². The lowest BCUT2D eigenvalue weighted by molar-refractivity contribution is 0.320. The molecule has 1 heterocycles. The molecule has 108 valence electrons. The Morgan fingerprint density at radius 2 is 2.21 bits per heavy atom. The Bertz CT molecular complexity index is 410. The fraction of sp³-hybridized carbons (Fsp3) is 0.818. The van der Waals surface area contributed by atoms with Gasteiger partial charge in [-0.3, -0.25) is 9.24 Å². The summed E-state index contributed by atoms with van der Waals surface area (Å²) in [5.74, 6) is 1.24. The van der Waals surface area contributed by atoms with Crippen LogP contribution in [-0.2, 0) is 9.09 Å². The molecule has 1 aliphatic rings. The number of rotatable bonds is 7. The van der Waals surface area contributed by atoms with Crippen LogP contribution in [0.1, 0.15) is 27.2 Å². The van der Waals surface area contributed by atoms with Crippen molar-refractivity contribution in [3.63, 3.8) is 0 Å². The van der Waals surface area contributed by atoms with Crippen molar-refractivity contribution >= 4 is 24.1 Å². The molecule has 8 heteroatoms. The Balaban J connectivity index is 2.99. The zero-order valence-electron chi connectivity index (χ0n) is 11.7. The largest absolute Gasteiger partial charge is 0.355 e. The summed E-state index contributed by atoms with van der Waals surface area (Å²) in [6.07, 6.45) is 2.72. The van der Waals surface area contributed by atoms with Crippen molar-refractivity contribution in [3.05, 3.63) is 0 Å². The topological polar surface area (TPSA) is 68.9 Å². The predicted molar refractivity (Wildman–Crippen MR) is 79.0 cm³/mol. The molecule has 0 bridgehead atoms. The van der Waals surface area contributed by atoms with Crippen molar-refractivity contribution in [2.24, 2.45) is 4.99 Å². The fourth-order valence-corrected chi connectivity index (χ4v) is 6.31. The van der Waals surface area contributed by atoms with Gasteiger partial charge in [-0.1, -0.05) is 6.92 Å². The maximum absolute atomic E-state index is 13.0. The van der Waals surface area contributed by atoms with E-state index in [2.05, 4.69) is 4.99 Å². The molecule has 0 aliphatic carbocycles.